The van der Waals surface area contributed by atoms with Gasteiger partial charge in [-0.05, 0) is 49.3 Å². The molecule has 5 rings (SSSR count). The summed E-state index contributed by atoms with van der Waals surface area (Å²) in [7, 11) is -3.96. The van der Waals surface area contributed by atoms with E-state index in [2.05, 4.69) is 31.4 Å². The molecule has 1 fully saturated rings. The highest BCUT2D eigenvalue weighted by Crippen LogP contribution is 2.29. The van der Waals surface area contributed by atoms with Crippen molar-refractivity contribution in [3.63, 3.8) is 0 Å². The Kier molecular flexibility index (Phi) is 6.81. The van der Waals surface area contributed by atoms with Crippen LogP contribution in [0.5, 0.6) is 0 Å². The van der Waals surface area contributed by atoms with Gasteiger partial charge in [-0.15, -0.1) is 0 Å². The van der Waals surface area contributed by atoms with Gasteiger partial charge in [-0.3, -0.25) is 13.7 Å². The molecule has 3 aromatic heterocycles. The summed E-state index contributed by atoms with van der Waals surface area (Å²) in [6, 6.07) is 9.86. The van der Waals surface area contributed by atoms with Crippen LogP contribution in [0.15, 0.2) is 55.2 Å². The number of benzene rings is 1. The van der Waals surface area contributed by atoms with E-state index in [1.54, 1.807) is 16.9 Å². The fourth-order valence-corrected chi connectivity index (χ4v) is 5.05. The van der Waals surface area contributed by atoms with Crippen molar-refractivity contribution < 1.29 is 17.4 Å². The van der Waals surface area contributed by atoms with Gasteiger partial charge in [0.25, 0.3) is 0 Å². The van der Waals surface area contributed by atoms with Crippen LogP contribution in [0.1, 0.15) is 40.9 Å². The Morgan fingerprint density at radius 2 is 2.11 bits per heavy atom. The number of aromatic amines is 1. The van der Waals surface area contributed by atoms with Crippen LogP contribution in [0.25, 0.3) is 10.9 Å². The van der Waals surface area contributed by atoms with Gasteiger partial charge < -0.3 is 10.3 Å². The number of carbonyl (C=O) groups excluding carboxylic acids is 1. The minimum atomic E-state index is -3.96. The Labute approximate surface area is 208 Å². The van der Waals surface area contributed by atoms with Gasteiger partial charge in [-0.2, -0.15) is 13.5 Å². The third-order valence-electron chi connectivity index (χ3n) is 6.47. The SMILES string of the molecule is NS(=O)(=O)OC[C@@H]1CC[C@H](Nc2ncncc2C(=O)c2ccn(CCc3c[nH]c4ccccc34)n2)C1. The highest BCUT2D eigenvalue weighted by atomic mass is 32.2. The molecule has 1 aromatic carbocycles. The number of aromatic nitrogens is 5. The van der Waals surface area contributed by atoms with Crippen molar-refractivity contribution in [2.75, 3.05) is 11.9 Å². The van der Waals surface area contributed by atoms with Crippen LogP contribution in [-0.4, -0.2) is 51.6 Å². The molecular weight excluding hydrogens is 482 g/mol. The first-order chi connectivity index (χ1) is 17.4. The monoisotopic (exact) mass is 509 g/mol. The average Bonchev–Trinajstić information content (AvgIpc) is 3.61. The predicted octanol–water partition coefficient (Wildman–Crippen LogP) is 2.43. The minimum Gasteiger partial charge on any atom is -0.367 e. The third-order valence-corrected chi connectivity index (χ3v) is 6.93. The Hall–Kier alpha value is -3.61. The number of para-hydroxylation sites is 1. The summed E-state index contributed by atoms with van der Waals surface area (Å²) in [5.41, 5.74) is 2.95. The maximum absolute atomic E-state index is 13.2. The molecule has 0 amide bonds. The number of ketones is 1. The first-order valence-electron chi connectivity index (χ1n) is 11.7. The summed E-state index contributed by atoms with van der Waals surface area (Å²) in [6.07, 6.45) is 9.70. The maximum atomic E-state index is 13.2. The average molecular weight is 510 g/mol. The van der Waals surface area contributed by atoms with Gasteiger partial charge in [-0.1, -0.05) is 18.2 Å². The summed E-state index contributed by atoms with van der Waals surface area (Å²) in [5, 5.41) is 13.9. The van der Waals surface area contributed by atoms with E-state index in [-0.39, 0.29) is 24.3 Å². The van der Waals surface area contributed by atoms with Crippen LogP contribution in [-0.2, 0) is 27.5 Å². The van der Waals surface area contributed by atoms with E-state index >= 15 is 0 Å². The van der Waals surface area contributed by atoms with Gasteiger partial charge in [0.15, 0.2) is 0 Å². The standard InChI is InChI=1S/C24H27N7O4S/c25-36(33,34)35-14-16-5-6-18(11-16)29-24-20(13-26-15-28-24)23(32)22-8-10-31(30-22)9-7-17-12-27-21-4-2-1-3-19(17)21/h1-4,8,10,12-13,15-16,18,27H,5-7,9,11,14H2,(H2,25,33,34)(H,26,28,29)/t16-,18+/m1/s1. The Morgan fingerprint density at radius 1 is 1.25 bits per heavy atom. The molecule has 188 valence electrons. The van der Waals surface area contributed by atoms with E-state index < -0.39 is 10.3 Å². The highest BCUT2D eigenvalue weighted by Gasteiger charge is 2.28. The second-order valence-electron chi connectivity index (χ2n) is 8.99. The van der Waals surface area contributed by atoms with Gasteiger partial charge >= 0.3 is 10.3 Å². The molecule has 4 aromatic rings. The van der Waals surface area contributed by atoms with Crippen LogP contribution in [0.3, 0.4) is 0 Å². The summed E-state index contributed by atoms with van der Waals surface area (Å²) in [6.45, 7) is 0.679. The summed E-state index contributed by atoms with van der Waals surface area (Å²) >= 11 is 0. The summed E-state index contributed by atoms with van der Waals surface area (Å²) < 4.78 is 28.6. The topological polar surface area (TPSA) is 158 Å². The van der Waals surface area contributed by atoms with Crippen LogP contribution < -0.4 is 10.5 Å². The number of nitrogens with two attached hydrogens (primary N) is 1. The fourth-order valence-electron chi connectivity index (χ4n) is 4.67. The molecule has 1 aliphatic carbocycles. The number of H-pyrrole nitrogens is 1. The van der Waals surface area contributed by atoms with E-state index in [1.807, 2.05) is 24.4 Å². The summed E-state index contributed by atoms with van der Waals surface area (Å²) in [5.74, 6) is 0.215. The quantitative estimate of drug-likeness (QED) is 0.275. The Morgan fingerprint density at radius 3 is 2.97 bits per heavy atom. The third kappa shape index (κ3) is 5.61. The molecule has 0 radical (unpaired) electrons. The molecule has 3 heterocycles. The lowest BCUT2D eigenvalue weighted by Crippen LogP contribution is -2.22. The van der Waals surface area contributed by atoms with Gasteiger partial charge in [-0.25, -0.2) is 15.1 Å². The van der Waals surface area contributed by atoms with Crippen molar-refractivity contribution in [3.8, 4) is 0 Å². The number of hydrogen-bond acceptors (Lipinski definition) is 8. The van der Waals surface area contributed by atoms with Gasteiger partial charge in [0.05, 0.1) is 12.2 Å². The zero-order valence-corrected chi connectivity index (χ0v) is 20.3. The van der Waals surface area contributed by atoms with Crippen molar-refractivity contribution in [1.82, 2.24) is 24.7 Å². The van der Waals surface area contributed by atoms with Gasteiger partial charge in [0.2, 0.25) is 5.78 Å². The van der Waals surface area contributed by atoms with Crippen molar-refractivity contribution >= 4 is 32.8 Å². The van der Waals surface area contributed by atoms with E-state index in [0.717, 1.165) is 24.8 Å². The lowest BCUT2D eigenvalue weighted by Gasteiger charge is -2.15. The minimum absolute atomic E-state index is 0.0225. The van der Waals surface area contributed by atoms with Crippen LogP contribution in [0.2, 0.25) is 0 Å². The van der Waals surface area contributed by atoms with Crippen LogP contribution in [0.4, 0.5) is 5.82 Å². The largest absolute Gasteiger partial charge is 0.367 e. The van der Waals surface area contributed by atoms with E-state index in [1.165, 1.54) is 23.5 Å². The Balaban J connectivity index is 1.22. The van der Waals surface area contributed by atoms with Crippen LogP contribution >= 0.6 is 0 Å². The molecule has 0 bridgehead atoms. The zero-order valence-electron chi connectivity index (χ0n) is 19.5. The first kappa shape index (κ1) is 24.1. The second kappa shape index (κ2) is 10.2. The molecule has 0 saturated heterocycles. The smallest absolute Gasteiger partial charge is 0.333 e. The number of hydrogen-bond donors (Lipinski definition) is 3. The molecule has 4 N–H and O–H groups in total. The van der Waals surface area contributed by atoms with Gasteiger partial charge in [0, 0.05) is 42.1 Å². The van der Waals surface area contributed by atoms with E-state index in [0.29, 0.717) is 30.0 Å². The van der Waals surface area contributed by atoms with E-state index in [9.17, 15) is 13.2 Å². The van der Waals surface area contributed by atoms with Gasteiger partial charge in [0.1, 0.15) is 17.8 Å². The molecular formula is C24H27N7O4S. The normalized spacial score (nSPS) is 18.0. The highest BCUT2D eigenvalue weighted by molar-refractivity contribution is 7.84. The molecule has 11 nitrogen and oxygen atoms in total. The molecule has 36 heavy (non-hydrogen) atoms. The number of aryl methyl sites for hydroxylation is 2. The molecule has 2 atom stereocenters. The number of nitrogens with one attached hydrogen (secondary N) is 2. The summed E-state index contributed by atoms with van der Waals surface area (Å²) in [4.78, 5) is 24.8. The lowest BCUT2D eigenvalue weighted by atomic mass is 10.1. The lowest BCUT2D eigenvalue weighted by molar-refractivity contribution is 0.103. The number of anilines is 1. The maximum Gasteiger partial charge on any atom is 0.333 e. The molecule has 1 saturated carbocycles. The van der Waals surface area contributed by atoms with Crippen molar-refractivity contribution in [1.29, 1.82) is 0 Å². The van der Waals surface area contributed by atoms with Crippen molar-refractivity contribution in [3.05, 3.63) is 72.1 Å². The molecule has 12 heteroatoms. The fraction of sp³-hybridized carbons (Fsp3) is 0.333. The first-order valence-corrected chi connectivity index (χ1v) is 13.2. The number of nitrogens with zero attached hydrogens (tertiary/aromatic N) is 4. The Bertz CT molecular complexity index is 1480. The number of carbonyl (C=O) groups is 1. The number of fused-ring (bicyclic) bond motifs is 1. The second-order valence-corrected chi connectivity index (χ2v) is 10.2. The van der Waals surface area contributed by atoms with E-state index in [4.69, 9.17) is 9.32 Å². The molecule has 0 unspecified atom stereocenters. The van der Waals surface area contributed by atoms with Crippen molar-refractivity contribution in [2.24, 2.45) is 11.1 Å². The zero-order chi connectivity index (χ0) is 25.1. The number of rotatable bonds is 10. The van der Waals surface area contributed by atoms with Crippen LogP contribution in [0, 0.1) is 5.92 Å². The molecule has 0 spiro atoms. The van der Waals surface area contributed by atoms with Crippen molar-refractivity contribution in [2.45, 2.75) is 38.3 Å². The molecule has 1 aliphatic rings. The predicted molar refractivity (Wildman–Crippen MR) is 134 cm³/mol. The molecule has 0 aliphatic heterocycles.